The van der Waals surface area contributed by atoms with Crippen molar-refractivity contribution in [2.24, 2.45) is 5.73 Å². The molecule has 1 fully saturated rings. The summed E-state index contributed by atoms with van der Waals surface area (Å²) in [5.41, 5.74) is 9.25. The number of nitrogens with one attached hydrogen (secondary N) is 1. The van der Waals surface area contributed by atoms with Crippen molar-refractivity contribution in [2.45, 2.75) is 32.1 Å². The number of nitrogens with two attached hydrogens (primary N) is 1. The largest absolute Gasteiger partial charge is 0.370 e. The third kappa shape index (κ3) is 2.95. The SMILES string of the molecule is Cc1[nH]c2ccccc2c1C1CCN(CCC(N)=O)CC1. The van der Waals surface area contributed by atoms with E-state index in [1.165, 1.54) is 22.2 Å². The first-order valence-electron chi connectivity index (χ1n) is 7.73. The quantitative estimate of drug-likeness (QED) is 0.906. The molecule has 4 heteroatoms. The van der Waals surface area contributed by atoms with Gasteiger partial charge in [0.2, 0.25) is 5.91 Å². The molecular formula is C17H23N3O. The van der Waals surface area contributed by atoms with Crippen LogP contribution in [0.5, 0.6) is 0 Å². The van der Waals surface area contributed by atoms with E-state index in [1.54, 1.807) is 0 Å². The lowest BCUT2D eigenvalue weighted by molar-refractivity contribution is -0.118. The fraction of sp³-hybridized carbons (Fsp3) is 0.471. The zero-order chi connectivity index (χ0) is 14.8. The first-order chi connectivity index (χ1) is 10.1. The molecule has 0 radical (unpaired) electrons. The molecule has 1 aliphatic rings. The van der Waals surface area contributed by atoms with Crippen molar-refractivity contribution in [1.29, 1.82) is 0 Å². The molecule has 0 aliphatic carbocycles. The van der Waals surface area contributed by atoms with E-state index in [1.807, 2.05) is 0 Å². The average Bonchev–Trinajstić information content (AvgIpc) is 2.81. The van der Waals surface area contributed by atoms with Crippen molar-refractivity contribution in [3.63, 3.8) is 0 Å². The van der Waals surface area contributed by atoms with E-state index in [9.17, 15) is 4.79 Å². The molecule has 1 aromatic heterocycles. The first kappa shape index (κ1) is 14.1. The van der Waals surface area contributed by atoms with Gasteiger partial charge >= 0.3 is 0 Å². The van der Waals surface area contributed by atoms with Crippen molar-refractivity contribution < 1.29 is 4.79 Å². The molecule has 0 saturated carbocycles. The van der Waals surface area contributed by atoms with Gasteiger partial charge in [0, 0.05) is 29.6 Å². The molecule has 3 N–H and O–H groups in total. The van der Waals surface area contributed by atoms with Gasteiger partial charge in [-0.2, -0.15) is 0 Å². The summed E-state index contributed by atoms with van der Waals surface area (Å²) in [5, 5.41) is 1.37. The number of benzene rings is 1. The van der Waals surface area contributed by atoms with E-state index in [2.05, 4.69) is 41.1 Å². The molecule has 2 aromatic rings. The minimum Gasteiger partial charge on any atom is -0.370 e. The number of rotatable bonds is 4. The number of likely N-dealkylation sites (tertiary alicyclic amines) is 1. The van der Waals surface area contributed by atoms with Gasteiger partial charge in [-0.05, 0) is 50.4 Å². The van der Waals surface area contributed by atoms with Gasteiger partial charge in [0.25, 0.3) is 0 Å². The fourth-order valence-electron chi connectivity index (χ4n) is 3.54. The van der Waals surface area contributed by atoms with Crippen LogP contribution >= 0.6 is 0 Å². The van der Waals surface area contributed by atoms with Crippen molar-refractivity contribution in [3.8, 4) is 0 Å². The van der Waals surface area contributed by atoms with Crippen LogP contribution in [0.2, 0.25) is 0 Å². The Hall–Kier alpha value is -1.81. The van der Waals surface area contributed by atoms with Crippen molar-refractivity contribution in [1.82, 2.24) is 9.88 Å². The van der Waals surface area contributed by atoms with Gasteiger partial charge in [-0.25, -0.2) is 0 Å². The Balaban J connectivity index is 1.71. The van der Waals surface area contributed by atoms with Crippen LogP contribution in [-0.4, -0.2) is 35.4 Å². The van der Waals surface area contributed by atoms with Crippen molar-refractivity contribution in [3.05, 3.63) is 35.5 Å². The number of hydrogen-bond acceptors (Lipinski definition) is 2. The molecule has 1 amide bonds. The Morgan fingerprint density at radius 2 is 2.05 bits per heavy atom. The summed E-state index contributed by atoms with van der Waals surface area (Å²) in [6.07, 6.45) is 2.78. The lowest BCUT2D eigenvalue weighted by atomic mass is 9.87. The molecule has 1 aliphatic heterocycles. The van der Waals surface area contributed by atoms with E-state index < -0.39 is 0 Å². The standard InChI is InChI=1S/C17H23N3O/c1-12-17(14-4-2-3-5-15(14)19-12)13-6-9-20(10-7-13)11-8-16(18)21/h2-5,13,19H,6-11H2,1H3,(H2,18,21). The van der Waals surface area contributed by atoms with Crippen LogP contribution in [0.15, 0.2) is 24.3 Å². The third-order valence-electron chi connectivity index (χ3n) is 4.61. The minimum absolute atomic E-state index is 0.204. The summed E-state index contributed by atoms with van der Waals surface area (Å²) in [6, 6.07) is 8.55. The number of aryl methyl sites for hydroxylation is 1. The molecule has 0 bridgehead atoms. The number of nitrogens with zero attached hydrogens (tertiary/aromatic N) is 1. The highest BCUT2D eigenvalue weighted by atomic mass is 16.1. The van der Waals surface area contributed by atoms with Crippen LogP contribution < -0.4 is 5.73 Å². The number of piperidine rings is 1. The number of carbonyl (C=O) groups excluding carboxylic acids is 1. The molecule has 112 valence electrons. The summed E-state index contributed by atoms with van der Waals surface area (Å²) in [7, 11) is 0. The number of aromatic amines is 1. The van der Waals surface area contributed by atoms with E-state index in [-0.39, 0.29) is 5.91 Å². The van der Waals surface area contributed by atoms with Crippen LogP contribution in [0.3, 0.4) is 0 Å². The predicted octanol–water partition coefficient (Wildman–Crippen LogP) is 2.53. The van der Waals surface area contributed by atoms with E-state index in [0.29, 0.717) is 12.3 Å². The Bertz CT molecular complexity index is 639. The van der Waals surface area contributed by atoms with Crippen LogP contribution in [-0.2, 0) is 4.79 Å². The lowest BCUT2D eigenvalue weighted by Gasteiger charge is -2.32. The summed E-state index contributed by atoms with van der Waals surface area (Å²) in [5.74, 6) is 0.413. The highest BCUT2D eigenvalue weighted by Crippen LogP contribution is 2.35. The Morgan fingerprint density at radius 3 is 2.76 bits per heavy atom. The second kappa shape index (κ2) is 5.90. The molecule has 2 heterocycles. The van der Waals surface area contributed by atoms with Crippen LogP contribution in [0, 0.1) is 6.92 Å². The van der Waals surface area contributed by atoms with Gasteiger partial charge in [-0.1, -0.05) is 18.2 Å². The number of H-pyrrole nitrogens is 1. The van der Waals surface area contributed by atoms with E-state index in [0.717, 1.165) is 32.5 Å². The van der Waals surface area contributed by atoms with E-state index in [4.69, 9.17) is 5.73 Å². The third-order valence-corrected chi connectivity index (χ3v) is 4.61. The fourth-order valence-corrected chi connectivity index (χ4v) is 3.54. The van der Waals surface area contributed by atoms with E-state index >= 15 is 0 Å². The molecule has 21 heavy (non-hydrogen) atoms. The maximum Gasteiger partial charge on any atom is 0.218 e. The molecule has 0 unspecified atom stereocenters. The van der Waals surface area contributed by atoms with Crippen LogP contribution in [0.1, 0.15) is 36.4 Å². The summed E-state index contributed by atoms with van der Waals surface area (Å²) < 4.78 is 0. The van der Waals surface area contributed by atoms with Gasteiger partial charge in [0.1, 0.15) is 0 Å². The number of para-hydroxylation sites is 1. The normalized spacial score (nSPS) is 17.4. The summed E-state index contributed by atoms with van der Waals surface area (Å²) in [4.78, 5) is 16.7. The van der Waals surface area contributed by atoms with Gasteiger partial charge in [0.15, 0.2) is 0 Å². The highest BCUT2D eigenvalue weighted by molar-refractivity contribution is 5.85. The lowest BCUT2D eigenvalue weighted by Crippen LogP contribution is -2.35. The van der Waals surface area contributed by atoms with Gasteiger partial charge < -0.3 is 15.6 Å². The Morgan fingerprint density at radius 1 is 1.33 bits per heavy atom. The zero-order valence-corrected chi connectivity index (χ0v) is 12.6. The number of amides is 1. The number of fused-ring (bicyclic) bond motifs is 1. The monoisotopic (exact) mass is 285 g/mol. The average molecular weight is 285 g/mol. The molecule has 3 rings (SSSR count). The number of hydrogen-bond donors (Lipinski definition) is 2. The van der Waals surface area contributed by atoms with Crippen molar-refractivity contribution in [2.75, 3.05) is 19.6 Å². The predicted molar refractivity (Wildman–Crippen MR) is 85.3 cm³/mol. The topological polar surface area (TPSA) is 62.1 Å². The van der Waals surface area contributed by atoms with Crippen molar-refractivity contribution >= 4 is 16.8 Å². The highest BCUT2D eigenvalue weighted by Gasteiger charge is 2.24. The minimum atomic E-state index is -0.204. The van der Waals surface area contributed by atoms with Gasteiger partial charge in [0.05, 0.1) is 0 Å². The number of aromatic nitrogens is 1. The Labute approximate surface area is 125 Å². The van der Waals surface area contributed by atoms with Gasteiger partial charge in [-0.15, -0.1) is 0 Å². The first-order valence-corrected chi connectivity index (χ1v) is 7.73. The molecule has 1 aromatic carbocycles. The second-order valence-corrected chi connectivity index (χ2v) is 6.04. The summed E-state index contributed by atoms with van der Waals surface area (Å²) in [6.45, 7) is 5.08. The number of primary amides is 1. The maximum atomic E-state index is 10.9. The molecule has 1 saturated heterocycles. The maximum absolute atomic E-state index is 10.9. The Kier molecular flexibility index (Phi) is 3.97. The molecule has 0 spiro atoms. The summed E-state index contributed by atoms with van der Waals surface area (Å²) >= 11 is 0. The second-order valence-electron chi connectivity index (χ2n) is 6.04. The molecule has 0 atom stereocenters. The number of carbonyl (C=O) groups is 1. The smallest absolute Gasteiger partial charge is 0.218 e. The van der Waals surface area contributed by atoms with Crippen LogP contribution in [0.4, 0.5) is 0 Å². The van der Waals surface area contributed by atoms with Gasteiger partial charge in [-0.3, -0.25) is 4.79 Å². The van der Waals surface area contributed by atoms with Crippen LogP contribution in [0.25, 0.3) is 10.9 Å². The molecule has 4 nitrogen and oxygen atoms in total. The zero-order valence-electron chi connectivity index (χ0n) is 12.6. The molecular weight excluding hydrogens is 262 g/mol.